The van der Waals surface area contributed by atoms with Gasteiger partial charge in [0, 0.05) is 31.6 Å². The second kappa shape index (κ2) is 11.4. The average molecular weight is 480 g/mol. The van der Waals surface area contributed by atoms with Crippen molar-refractivity contribution < 1.29 is 24.2 Å². The summed E-state index contributed by atoms with van der Waals surface area (Å²) in [6, 6.07) is 16.5. The minimum absolute atomic E-state index is 0.0152. The van der Waals surface area contributed by atoms with Gasteiger partial charge in [0.25, 0.3) is 0 Å². The number of carbonyl (C=O) groups is 3. The van der Waals surface area contributed by atoms with Gasteiger partial charge in [-0.3, -0.25) is 14.5 Å². The van der Waals surface area contributed by atoms with E-state index in [0.29, 0.717) is 32.7 Å². The van der Waals surface area contributed by atoms with Gasteiger partial charge in [-0.25, -0.2) is 4.79 Å². The Morgan fingerprint density at radius 2 is 1.63 bits per heavy atom. The number of fused-ring (bicyclic) bond motifs is 3. The van der Waals surface area contributed by atoms with Gasteiger partial charge in [0.15, 0.2) is 0 Å². The van der Waals surface area contributed by atoms with E-state index in [2.05, 4.69) is 34.9 Å². The number of likely N-dealkylation sites (tertiary alicyclic amines) is 1. The molecule has 1 heterocycles. The van der Waals surface area contributed by atoms with E-state index in [1.54, 1.807) is 6.92 Å². The third kappa shape index (κ3) is 6.19. The van der Waals surface area contributed by atoms with Crippen molar-refractivity contribution in [3.05, 3.63) is 59.7 Å². The molecule has 0 radical (unpaired) electrons. The van der Waals surface area contributed by atoms with Crippen LogP contribution in [0.2, 0.25) is 0 Å². The van der Waals surface area contributed by atoms with Crippen molar-refractivity contribution in [2.75, 3.05) is 32.8 Å². The van der Waals surface area contributed by atoms with Crippen LogP contribution in [-0.4, -0.2) is 66.8 Å². The molecule has 4 rings (SSSR count). The molecule has 0 aromatic heterocycles. The van der Waals surface area contributed by atoms with Crippen LogP contribution in [0.3, 0.4) is 0 Å². The Hall–Kier alpha value is -3.39. The van der Waals surface area contributed by atoms with E-state index < -0.39 is 18.0 Å². The van der Waals surface area contributed by atoms with Crippen LogP contribution in [0, 0.1) is 5.92 Å². The van der Waals surface area contributed by atoms with E-state index in [-0.39, 0.29) is 24.4 Å². The molecule has 1 aliphatic heterocycles. The molecule has 1 aliphatic carbocycles. The van der Waals surface area contributed by atoms with E-state index in [4.69, 9.17) is 9.84 Å². The molecule has 1 unspecified atom stereocenters. The number of aliphatic carboxylic acids is 1. The van der Waals surface area contributed by atoms with Gasteiger partial charge in [0.1, 0.15) is 6.61 Å². The number of alkyl carbamates (subject to hydrolysis) is 1. The molecule has 1 fully saturated rings. The van der Waals surface area contributed by atoms with Gasteiger partial charge in [0.05, 0.1) is 12.5 Å². The normalized spacial score (nSPS) is 16.7. The van der Waals surface area contributed by atoms with Crippen molar-refractivity contribution in [2.45, 2.75) is 38.1 Å². The number of carboxylic acid groups (broad SMARTS) is 1. The molecule has 1 atom stereocenters. The molecule has 0 saturated carbocycles. The topological polar surface area (TPSA) is 108 Å². The fourth-order valence-corrected chi connectivity index (χ4v) is 4.85. The van der Waals surface area contributed by atoms with E-state index >= 15 is 0 Å². The smallest absolute Gasteiger partial charge is 0.407 e. The van der Waals surface area contributed by atoms with Crippen molar-refractivity contribution in [3.8, 4) is 11.1 Å². The van der Waals surface area contributed by atoms with Crippen LogP contribution in [0.4, 0.5) is 4.79 Å². The lowest BCUT2D eigenvalue weighted by atomic mass is 9.98. The van der Waals surface area contributed by atoms with Gasteiger partial charge < -0.3 is 20.5 Å². The van der Waals surface area contributed by atoms with Crippen molar-refractivity contribution in [1.29, 1.82) is 0 Å². The summed E-state index contributed by atoms with van der Waals surface area (Å²) in [5.74, 6) is -1.40. The minimum Gasteiger partial charge on any atom is -0.481 e. The van der Waals surface area contributed by atoms with Crippen molar-refractivity contribution in [2.24, 2.45) is 5.92 Å². The molecule has 0 spiro atoms. The van der Waals surface area contributed by atoms with Crippen molar-refractivity contribution >= 4 is 18.0 Å². The Morgan fingerprint density at radius 3 is 2.23 bits per heavy atom. The lowest BCUT2D eigenvalue weighted by molar-refractivity contribution is -0.141. The SMILES string of the molecule is CC(CCNC(=O)CN1CCC(NC(=O)OCC2c3ccccc3-c3ccccc32)CC1)C(=O)O. The molecule has 8 nitrogen and oxygen atoms in total. The molecule has 1 saturated heterocycles. The number of piperidine rings is 1. The predicted molar refractivity (Wildman–Crippen MR) is 132 cm³/mol. The molecule has 2 aliphatic rings. The monoisotopic (exact) mass is 479 g/mol. The van der Waals surface area contributed by atoms with E-state index in [1.807, 2.05) is 29.2 Å². The van der Waals surface area contributed by atoms with Gasteiger partial charge in [0.2, 0.25) is 5.91 Å². The summed E-state index contributed by atoms with van der Waals surface area (Å²) in [5, 5.41) is 14.7. The predicted octanol–water partition coefficient (Wildman–Crippen LogP) is 3.22. The average Bonchev–Trinajstić information content (AvgIpc) is 3.17. The number of rotatable bonds is 9. The van der Waals surface area contributed by atoms with E-state index in [9.17, 15) is 14.4 Å². The van der Waals surface area contributed by atoms with Crippen molar-refractivity contribution in [1.82, 2.24) is 15.5 Å². The van der Waals surface area contributed by atoms with Crippen LogP contribution in [0.15, 0.2) is 48.5 Å². The first kappa shape index (κ1) is 24.7. The zero-order chi connectivity index (χ0) is 24.8. The van der Waals surface area contributed by atoms with Crippen molar-refractivity contribution in [3.63, 3.8) is 0 Å². The zero-order valence-electron chi connectivity index (χ0n) is 20.0. The summed E-state index contributed by atoms with van der Waals surface area (Å²) < 4.78 is 5.64. The largest absolute Gasteiger partial charge is 0.481 e. The van der Waals surface area contributed by atoms with Gasteiger partial charge in [-0.15, -0.1) is 0 Å². The quantitative estimate of drug-likeness (QED) is 0.510. The second-order valence-electron chi connectivity index (χ2n) is 9.40. The third-order valence-corrected chi connectivity index (χ3v) is 6.94. The fourth-order valence-electron chi connectivity index (χ4n) is 4.85. The zero-order valence-corrected chi connectivity index (χ0v) is 20.0. The number of ether oxygens (including phenoxy) is 1. The van der Waals surface area contributed by atoms with Crippen LogP contribution >= 0.6 is 0 Å². The lowest BCUT2D eigenvalue weighted by Gasteiger charge is -2.31. The summed E-state index contributed by atoms with van der Waals surface area (Å²) in [6.07, 6.45) is 1.49. The summed E-state index contributed by atoms with van der Waals surface area (Å²) in [4.78, 5) is 37.5. The van der Waals surface area contributed by atoms with Crippen LogP contribution < -0.4 is 10.6 Å². The molecule has 3 N–H and O–H groups in total. The minimum atomic E-state index is -0.856. The number of carbonyl (C=O) groups excluding carboxylic acids is 2. The summed E-state index contributed by atoms with van der Waals surface area (Å²) >= 11 is 0. The Kier molecular flexibility index (Phi) is 8.02. The molecule has 2 amide bonds. The molecular weight excluding hydrogens is 446 g/mol. The molecule has 2 aromatic rings. The van der Waals surface area contributed by atoms with Gasteiger partial charge in [-0.2, -0.15) is 0 Å². The summed E-state index contributed by atoms with van der Waals surface area (Å²) in [5.41, 5.74) is 4.77. The number of nitrogens with zero attached hydrogens (tertiary/aromatic N) is 1. The Labute approximate surface area is 205 Å². The number of carboxylic acids is 1. The highest BCUT2D eigenvalue weighted by molar-refractivity contribution is 5.79. The maximum absolute atomic E-state index is 12.5. The molecular formula is C27H33N3O5. The van der Waals surface area contributed by atoms with Gasteiger partial charge >= 0.3 is 12.1 Å². The Balaban J connectivity index is 1.18. The highest BCUT2D eigenvalue weighted by Crippen LogP contribution is 2.44. The first-order chi connectivity index (χ1) is 16.9. The van der Waals surface area contributed by atoms with Crippen LogP contribution in [-0.2, 0) is 14.3 Å². The Morgan fingerprint density at radius 1 is 1.03 bits per heavy atom. The molecule has 8 heteroatoms. The lowest BCUT2D eigenvalue weighted by Crippen LogP contribution is -2.47. The standard InChI is InChI=1S/C27H33N3O5/c1-18(26(32)33)10-13-28-25(31)16-30-14-11-19(12-15-30)29-27(34)35-17-24-22-8-4-2-6-20(22)21-7-3-5-9-23(21)24/h2-9,18-19,24H,10-17H2,1H3,(H,28,31)(H,29,34)(H,32,33). The highest BCUT2D eigenvalue weighted by atomic mass is 16.5. The third-order valence-electron chi connectivity index (χ3n) is 6.94. The number of nitrogens with one attached hydrogen (secondary N) is 2. The molecule has 2 aromatic carbocycles. The van der Waals surface area contributed by atoms with Gasteiger partial charge in [-0.05, 0) is 41.5 Å². The van der Waals surface area contributed by atoms with Crippen LogP contribution in [0.25, 0.3) is 11.1 Å². The fraction of sp³-hybridized carbons (Fsp3) is 0.444. The van der Waals surface area contributed by atoms with Crippen LogP contribution in [0.1, 0.15) is 43.2 Å². The second-order valence-corrected chi connectivity index (χ2v) is 9.40. The molecule has 35 heavy (non-hydrogen) atoms. The highest BCUT2D eigenvalue weighted by Gasteiger charge is 2.29. The van der Waals surface area contributed by atoms with E-state index in [0.717, 1.165) is 12.8 Å². The molecule has 0 bridgehead atoms. The van der Waals surface area contributed by atoms with Gasteiger partial charge in [-0.1, -0.05) is 55.5 Å². The first-order valence-corrected chi connectivity index (χ1v) is 12.3. The molecule has 186 valence electrons. The number of hydrogen-bond donors (Lipinski definition) is 3. The maximum atomic E-state index is 12.5. The van der Waals surface area contributed by atoms with Crippen LogP contribution in [0.5, 0.6) is 0 Å². The summed E-state index contributed by atoms with van der Waals surface area (Å²) in [6.45, 7) is 3.95. The number of amides is 2. The maximum Gasteiger partial charge on any atom is 0.407 e. The van der Waals surface area contributed by atoms with E-state index in [1.165, 1.54) is 22.3 Å². The number of benzene rings is 2. The first-order valence-electron chi connectivity index (χ1n) is 12.3. The summed E-state index contributed by atoms with van der Waals surface area (Å²) in [7, 11) is 0. The number of hydrogen-bond acceptors (Lipinski definition) is 5. The Bertz CT molecular complexity index is 1020.